The number of rotatable bonds is 0. The maximum atomic E-state index is 5.89. The molecule has 0 fully saturated rings. The first kappa shape index (κ1) is 12.6. The Morgan fingerprint density at radius 2 is 1.78 bits per heavy atom. The summed E-state index contributed by atoms with van der Waals surface area (Å²) < 4.78 is 5.89. The number of nitrogens with zero attached hydrogens (tertiary/aromatic N) is 1. The molecular formula is C15H18N2O. The van der Waals surface area contributed by atoms with Crippen molar-refractivity contribution in [1.29, 1.82) is 0 Å². The second-order valence-electron chi connectivity index (χ2n) is 4.11. The quantitative estimate of drug-likeness (QED) is 0.772. The summed E-state index contributed by atoms with van der Waals surface area (Å²) in [4.78, 5) is 4.53. The lowest BCUT2D eigenvalue weighted by Gasteiger charge is -2.07. The highest BCUT2D eigenvalue weighted by atomic mass is 16.5. The molecule has 1 aromatic carbocycles. The summed E-state index contributed by atoms with van der Waals surface area (Å²) in [5, 5.41) is 0. The van der Waals surface area contributed by atoms with Crippen molar-refractivity contribution in [1.82, 2.24) is 4.98 Å². The normalized spacial score (nSPS) is 12.2. The van der Waals surface area contributed by atoms with Crippen LogP contribution in [0.5, 0.6) is 11.5 Å². The largest absolute Gasteiger partial charge is 0.455 e. The van der Waals surface area contributed by atoms with Crippen molar-refractivity contribution in [3.05, 3.63) is 53.3 Å². The zero-order chi connectivity index (χ0) is 13.0. The molecule has 3 nitrogen and oxygen atoms in total. The van der Waals surface area contributed by atoms with E-state index >= 15 is 0 Å². The van der Waals surface area contributed by atoms with Crippen molar-refractivity contribution >= 4 is 0 Å². The number of hydrogen-bond donors (Lipinski definition) is 1. The van der Waals surface area contributed by atoms with E-state index in [-0.39, 0.29) is 0 Å². The number of nitrogens with two attached hydrogens (primary N) is 1. The van der Waals surface area contributed by atoms with E-state index < -0.39 is 0 Å². The van der Waals surface area contributed by atoms with E-state index in [0.29, 0.717) is 0 Å². The summed E-state index contributed by atoms with van der Waals surface area (Å²) in [6, 6.07) is 12.2. The molecular weight excluding hydrogens is 224 g/mol. The number of pyridine rings is 1. The first-order chi connectivity index (χ1) is 8.83. The predicted octanol–water partition coefficient (Wildman–Crippen LogP) is 2.86. The van der Waals surface area contributed by atoms with E-state index in [0.717, 1.165) is 35.7 Å². The Bertz CT molecular complexity index is 538. The summed E-state index contributed by atoms with van der Waals surface area (Å²) in [6.07, 6.45) is 1.95. The molecule has 1 aliphatic rings. The van der Waals surface area contributed by atoms with Gasteiger partial charge in [-0.2, -0.15) is 0 Å². The number of fused-ring (bicyclic) bond motifs is 2. The number of para-hydroxylation sites is 1. The van der Waals surface area contributed by atoms with Gasteiger partial charge in [0.15, 0.2) is 0 Å². The third kappa shape index (κ3) is 2.51. The number of aryl methyl sites for hydroxylation is 3. The third-order valence-corrected chi connectivity index (χ3v) is 2.90. The lowest BCUT2D eigenvalue weighted by Crippen LogP contribution is -1.94. The molecule has 18 heavy (non-hydrogen) atoms. The molecule has 0 spiro atoms. The topological polar surface area (TPSA) is 48.1 Å². The smallest absolute Gasteiger partial charge is 0.148 e. The lowest BCUT2D eigenvalue weighted by molar-refractivity contribution is 0.476. The molecule has 0 saturated heterocycles. The molecule has 2 heterocycles. The van der Waals surface area contributed by atoms with Gasteiger partial charge in [0, 0.05) is 5.69 Å². The monoisotopic (exact) mass is 242 g/mol. The van der Waals surface area contributed by atoms with Crippen molar-refractivity contribution < 1.29 is 4.74 Å². The molecule has 94 valence electrons. The summed E-state index contributed by atoms with van der Waals surface area (Å²) >= 11 is 0. The van der Waals surface area contributed by atoms with Crippen LogP contribution < -0.4 is 10.5 Å². The van der Waals surface area contributed by atoms with Gasteiger partial charge < -0.3 is 10.5 Å². The highest BCUT2D eigenvalue weighted by Gasteiger charge is 2.14. The van der Waals surface area contributed by atoms with Crippen LogP contribution in [0.25, 0.3) is 0 Å². The second kappa shape index (κ2) is 5.65. The number of ether oxygens (including phenoxy) is 1. The van der Waals surface area contributed by atoms with Gasteiger partial charge in [0.25, 0.3) is 0 Å². The average molecular weight is 242 g/mol. The molecule has 0 radical (unpaired) electrons. The minimum atomic E-state index is 0.899. The minimum Gasteiger partial charge on any atom is -0.455 e. The first-order valence-corrected chi connectivity index (χ1v) is 6.13. The zero-order valence-electron chi connectivity index (χ0n) is 10.8. The number of aromatic nitrogens is 1. The van der Waals surface area contributed by atoms with Crippen LogP contribution in [0.15, 0.2) is 36.4 Å². The van der Waals surface area contributed by atoms with Crippen LogP contribution in [0.4, 0.5) is 0 Å². The van der Waals surface area contributed by atoms with Crippen molar-refractivity contribution in [2.75, 3.05) is 7.05 Å². The fourth-order valence-corrected chi connectivity index (χ4v) is 2.05. The van der Waals surface area contributed by atoms with Gasteiger partial charge in [-0.25, -0.2) is 0 Å². The van der Waals surface area contributed by atoms with Crippen molar-refractivity contribution in [2.45, 2.75) is 19.8 Å². The first-order valence-electron chi connectivity index (χ1n) is 6.13. The van der Waals surface area contributed by atoms with Crippen LogP contribution >= 0.6 is 0 Å². The highest BCUT2D eigenvalue weighted by molar-refractivity contribution is 5.42. The molecule has 3 rings (SSSR count). The molecule has 1 aliphatic heterocycles. The van der Waals surface area contributed by atoms with Crippen LogP contribution in [0.2, 0.25) is 0 Å². The maximum absolute atomic E-state index is 5.89. The molecule has 0 aliphatic carbocycles. The van der Waals surface area contributed by atoms with Gasteiger partial charge in [-0.1, -0.05) is 18.2 Å². The fourth-order valence-electron chi connectivity index (χ4n) is 2.05. The van der Waals surface area contributed by atoms with Crippen LogP contribution in [-0.2, 0) is 12.8 Å². The fraction of sp³-hybridized carbons (Fsp3) is 0.267. The van der Waals surface area contributed by atoms with Gasteiger partial charge >= 0.3 is 0 Å². The Labute approximate surface area is 108 Å². The zero-order valence-corrected chi connectivity index (χ0v) is 10.8. The van der Waals surface area contributed by atoms with E-state index in [1.807, 2.05) is 31.2 Å². The van der Waals surface area contributed by atoms with E-state index in [9.17, 15) is 0 Å². The molecule has 2 N–H and O–H groups in total. The Kier molecular flexibility index (Phi) is 3.95. The van der Waals surface area contributed by atoms with Gasteiger partial charge in [-0.3, -0.25) is 4.98 Å². The van der Waals surface area contributed by atoms with E-state index in [1.54, 1.807) is 0 Å². The molecule has 0 atom stereocenters. The second-order valence-corrected chi connectivity index (χ2v) is 4.11. The average Bonchev–Trinajstić information content (AvgIpc) is 2.60. The van der Waals surface area contributed by atoms with Crippen LogP contribution in [0, 0.1) is 6.92 Å². The SMILES string of the molecule is CN.Cc1ccc2c(n1)CCc1ccccc1O2. The summed E-state index contributed by atoms with van der Waals surface area (Å²) in [6.45, 7) is 2.01. The van der Waals surface area contributed by atoms with E-state index in [1.165, 1.54) is 12.6 Å². The van der Waals surface area contributed by atoms with Crippen LogP contribution in [0.1, 0.15) is 17.0 Å². The third-order valence-electron chi connectivity index (χ3n) is 2.90. The summed E-state index contributed by atoms with van der Waals surface area (Å²) in [5.74, 6) is 1.86. The van der Waals surface area contributed by atoms with E-state index in [2.05, 4.69) is 22.9 Å². The van der Waals surface area contributed by atoms with Gasteiger partial charge in [-0.05, 0) is 50.6 Å². The van der Waals surface area contributed by atoms with Gasteiger partial charge in [0.1, 0.15) is 11.5 Å². The van der Waals surface area contributed by atoms with Gasteiger partial charge in [0.05, 0.1) is 5.69 Å². The molecule has 0 bridgehead atoms. The lowest BCUT2D eigenvalue weighted by atomic mass is 10.1. The molecule has 1 aromatic heterocycles. The van der Waals surface area contributed by atoms with Gasteiger partial charge in [0.2, 0.25) is 0 Å². The molecule has 2 aromatic rings. The Balaban J connectivity index is 0.000000574. The number of benzene rings is 1. The Hall–Kier alpha value is -1.87. The highest BCUT2D eigenvalue weighted by Crippen LogP contribution is 2.32. The summed E-state index contributed by atoms with van der Waals surface area (Å²) in [7, 11) is 1.50. The van der Waals surface area contributed by atoms with E-state index in [4.69, 9.17) is 4.74 Å². The number of hydrogen-bond acceptors (Lipinski definition) is 3. The standard InChI is InChI=1S/C14H13NO.CH5N/c1-10-6-9-14-12(15-10)8-7-11-4-2-3-5-13(11)16-14;1-2/h2-6,9H,7-8H2,1H3;2H2,1H3. The van der Waals surface area contributed by atoms with Crippen LogP contribution in [0.3, 0.4) is 0 Å². The summed E-state index contributed by atoms with van der Waals surface area (Å²) in [5.41, 5.74) is 7.88. The minimum absolute atomic E-state index is 0.899. The molecule has 3 heteroatoms. The molecule has 0 unspecified atom stereocenters. The van der Waals surface area contributed by atoms with Crippen LogP contribution in [-0.4, -0.2) is 12.0 Å². The maximum Gasteiger partial charge on any atom is 0.148 e. The Morgan fingerprint density at radius 3 is 2.61 bits per heavy atom. The van der Waals surface area contributed by atoms with Crippen molar-refractivity contribution in [3.8, 4) is 11.5 Å². The predicted molar refractivity (Wildman–Crippen MR) is 73.0 cm³/mol. The molecule has 0 saturated carbocycles. The molecule has 0 amide bonds. The van der Waals surface area contributed by atoms with Crippen molar-refractivity contribution in [2.24, 2.45) is 5.73 Å². The Morgan fingerprint density at radius 1 is 1.00 bits per heavy atom. The van der Waals surface area contributed by atoms with Gasteiger partial charge in [-0.15, -0.1) is 0 Å². The van der Waals surface area contributed by atoms with Crippen molar-refractivity contribution in [3.63, 3.8) is 0 Å².